The molecular weight excluding hydrogens is 420 g/mol. The summed E-state index contributed by atoms with van der Waals surface area (Å²) in [6.07, 6.45) is 4.65. The molecule has 176 valence electrons. The van der Waals surface area contributed by atoms with Crippen molar-refractivity contribution in [2.45, 2.75) is 45.3 Å². The predicted molar refractivity (Wildman–Crippen MR) is 126 cm³/mol. The Hall–Kier alpha value is -3.13. The van der Waals surface area contributed by atoms with Crippen molar-refractivity contribution in [3.8, 4) is 5.75 Å². The zero-order valence-electron chi connectivity index (χ0n) is 19.5. The van der Waals surface area contributed by atoms with Crippen LogP contribution in [0.1, 0.15) is 33.6 Å². The molecule has 3 heterocycles. The molecule has 2 amide bonds. The minimum absolute atomic E-state index is 0.0312. The fraction of sp³-hybridized carbons (Fsp3) is 0.480. The Balaban J connectivity index is 1.38. The number of pyridine rings is 1. The molecule has 1 aromatic carbocycles. The monoisotopic (exact) mass is 452 g/mol. The summed E-state index contributed by atoms with van der Waals surface area (Å²) in [5, 5.41) is 3.16. The van der Waals surface area contributed by atoms with E-state index in [0.29, 0.717) is 26.2 Å². The summed E-state index contributed by atoms with van der Waals surface area (Å²) in [6.45, 7) is 8.22. The smallest absolute Gasteiger partial charge is 0.410 e. The molecule has 2 saturated heterocycles. The van der Waals surface area contributed by atoms with Crippen molar-refractivity contribution in [2.75, 3.05) is 31.1 Å². The number of carbonyl (C=O) groups excluding carboxylic acids is 2. The molecule has 8 nitrogen and oxygen atoms in total. The SMILES string of the molecule is CC(C)(C)OC(=O)N1CCC(Oc2ccc(N(C(=O)C3CNC3)c3cccnc3)cc2)CC1. The lowest BCUT2D eigenvalue weighted by molar-refractivity contribution is -0.123. The van der Waals surface area contributed by atoms with Gasteiger partial charge in [0.15, 0.2) is 0 Å². The molecule has 2 aliphatic heterocycles. The van der Waals surface area contributed by atoms with Crippen LogP contribution < -0.4 is 15.0 Å². The Kier molecular flexibility index (Phi) is 6.83. The van der Waals surface area contributed by atoms with E-state index in [1.54, 1.807) is 22.2 Å². The number of nitrogens with one attached hydrogen (secondary N) is 1. The molecule has 0 unspecified atom stereocenters. The van der Waals surface area contributed by atoms with Gasteiger partial charge in [-0.05, 0) is 57.2 Å². The summed E-state index contributed by atoms with van der Waals surface area (Å²) in [6, 6.07) is 11.3. The van der Waals surface area contributed by atoms with E-state index in [-0.39, 0.29) is 24.0 Å². The number of ether oxygens (including phenoxy) is 2. The van der Waals surface area contributed by atoms with E-state index in [9.17, 15) is 9.59 Å². The molecule has 0 atom stereocenters. The molecule has 1 N–H and O–H groups in total. The zero-order chi connectivity index (χ0) is 23.4. The number of amides is 2. The second-order valence-corrected chi connectivity index (χ2v) is 9.52. The highest BCUT2D eigenvalue weighted by molar-refractivity contribution is 6.02. The maximum Gasteiger partial charge on any atom is 0.410 e. The van der Waals surface area contributed by atoms with Crippen molar-refractivity contribution in [3.05, 3.63) is 48.8 Å². The van der Waals surface area contributed by atoms with Crippen molar-refractivity contribution in [2.24, 2.45) is 5.92 Å². The van der Waals surface area contributed by atoms with Crippen LogP contribution >= 0.6 is 0 Å². The van der Waals surface area contributed by atoms with Gasteiger partial charge in [-0.1, -0.05) is 0 Å². The van der Waals surface area contributed by atoms with Crippen LogP contribution in [0.4, 0.5) is 16.2 Å². The number of likely N-dealkylation sites (tertiary alicyclic amines) is 1. The molecule has 4 rings (SSSR count). The summed E-state index contributed by atoms with van der Waals surface area (Å²) in [7, 11) is 0. The Morgan fingerprint density at radius 2 is 1.76 bits per heavy atom. The molecule has 0 bridgehead atoms. The number of hydrogen-bond donors (Lipinski definition) is 1. The summed E-state index contributed by atoms with van der Waals surface area (Å²) in [5.74, 6) is 0.777. The Morgan fingerprint density at radius 1 is 1.06 bits per heavy atom. The molecule has 8 heteroatoms. The fourth-order valence-electron chi connectivity index (χ4n) is 3.88. The second kappa shape index (κ2) is 9.79. The average Bonchev–Trinajstić information content (AvgIpc) is 2.74. The van der Waals surface area contributed by atoms with Gasteiger partial charge in [-0.3, -0.25) is 14.7 Å². The Morgan fingerprint density at radius 3 is 2.30 bits per heavy atom. The van der Waals surface area contributed by atoms with Crippen molar-refractivity contribution in [3.63, 3.8) is 0 Å². The van der Waals surface area contributed by atoms with Crippen molar-refractivity contribution >= 4 is 23.4 Å². The number of hydrogen-bond acceptors (Lipinski definition) is 6. The van der Waals surface area contributed by atoms with Crippen LogP contribution in [-0.4, -0.2) is 59.8 Å². The quantitative estimate of drug-likeness (QED) is 0.744. The van der Waals surface area contributed by atoms with Crippen molar-refractivity contribution in [1.82, 2.24) is 15.2 Å². The molecule has 2 aliphatic rings. The summed E-state index contributed by atoms with van der Waals surface area (Å²) < 4.78 is 11.6. The molecule has 0 spiro atoms. The van der Waals surface area contributed by atoms with E-state index in [0.717, 1.165) is 30.0 Å². The number of piperidine rings is 1. The number of rotatable bonds is 5. The third-order valence-electron chi connectivity index (χ3n) is 5.75. The molecule has 1 aromatic heterocycles. The summed E-state index contributed by atoms with van der Waals surface area (Å²) in [4.78, 5) is 33.0. The highest BCUT2D eigenvalue weighted by atomic mass is 16.6. The average molecular weight is 453 g/mol. The maximum absolute atomic E-state index is 13.1. The lowest BCUT2D eigenvalue weighted by Gasteiger charge is -2.34. The summed E-state index contributed by atoms with van der Waals surface area (Å²) in [5.41, 5.74) is 1.04. The number of anilines is 2. The van der Waals surface area contributed by atoms with Gasteiger partial charge in [0.05, 0.1) is 17.8 Å². The topological polar surface area (TPSA) is 84.0 Å². The van der Waals surface area contributed by atoms with E-state index in [4.69, 9.17) is 9.47 Å². The molecule has 2 fully saturated rings. The van der Waals surface area contributed by atoms with Gasteiger partial charge in [0.25, 0.3) is 0 Å². The normalized spacial score (nSPS) is 17.2. The van der Waals surface area contributed by atoms with Crippen LogP contribution in [-0.2, 0) is 9.53 Å². The molecule has 0 saturated carbocycles. The Labute approximate surface area is 194 Å². The predicted octanol–water partition coefficient (Wildman–Crippen LogP) is 3.74. The largest absolute Gasteiger partial charge is 0.490 e. The van der Waals surface area contributed by atoms with Crippen LogP contribution in [0.2, 0.25) is 0 Å². The van der Waals surface area contributed by atoms with Gasteiger partial charge in [-0.2, -0.15) is 0 Å². The molecule has 2 aromatic rings. The van der Waals surface area contributed by atoms with Gasteiger partial charge in [0.2, 0.25) is 5.91 Å². The molecule has 0 radical (unpaired) electrons. The third-order valence-corrected chi connectivity index (χ3v) is 5.75. The lowest BCUT2D eigenvalue weighted by Crippen LogP contribution is -2.51. The number of aromatic nitrogens is 1. The highest BCUT2D eigenvalue weighted by Gasteiger charge is 2.31. The first-order chi connectivity index (χ1) is 15.8. The minimum atomic E-state index is -0.494. The van der Waals surface area contributed by atoms with Crippen LogP contribution in [0.15, 0.2) is 48.8 Å². The fourth-order valence-corrected chi connectivity index (χ4v) is 3.88. The van der Waals surface area contributed by atoms with Gasteiger partial charge < -0.3 is 19.7 Å². The Bertz CT molecular complexity index is 947. The highest BCUT2D eigenvalue weighted by Crippen LogP contribution is 2.30. The number of benzene rings is 1. The minimum Gasteiger partial charge on any atom is -0.490 e. The molecular formula is C25H32N4O4. The van der Waals surface area contributed by atoms with Gasteiger partial charge in [0, 0.05) is 50.9 Å². The standard InChI is InChI=1S/C25H32N4O4/c1-25(2,3)33-24(31)28-13-10-22(11-14-28)32-21-8-6-19(7-9-21)29(20-5-4-12-26-17-20)23(30)18-15-27-16-18/h4-9,12,17-18,22,27H,10-11,13-16H2,1-3H3. The molecule has 33 heavy (non-hydrogen) atoms. The van der Waals surface area contributed by atoms with E-state index >= 15 is 0 Å². The van der Waals surface area contributed by atoms with Crippen molar-refractivity contribution < 1.29 is 19.1 Å². The summed E-state index contributed by atoms with van der Waals surface area (Å²) >= 11 is 0. The first kappa shape index (κ1) is 23.0. The number of nitrogens with zero attached hydrogens (tertiary/aromatic N) is 3. The van der Waals surface area contributed by atoms with E-state index in [2.05, 4.69) is 10.3 Å². The van der Waals surface area contributed by atoms with E-state index in [1.165, 1.54) is 0 Å². The lowest BCUT2D eigenvalue weighted by atomic mass is 10.0. The maximum atomic E-state index is 13.1. The second-order valence-electron chi connectivity index (χ2n) is 9.52. The first-order valence-corrected chi connectivity index (χ1v) is 11.5. The third kappa shape index (κ3) is 5.82. The first-order valence-electron chi connectivity index (χ1n) is 11.5. The number of carbonyl (C=O) groups is 2. The van der Waals surface area contributed by atoms with Crippen molar-refractivity contribution in [1.29, 1.82) is 0 Å². The van der Waals surface area contributed by atoms with Gasteiger partial charge in [-0.15, -0.1) is 0 Å². The van der Waals surface area contributed by atoms with Gasteiger partial charge in [-0.25, -0.2) is 4.79 Å². The van der Waals surface area contributed by atoms with Crippen LogP contribution in [0.3, 0.4) is 0 Å². The van der Waals surface area contributed by atoms with Gasteiger partial charge in [0.1, 0.15) is 17.5 Å². The van der Waals surface area contributed by atoms with Gasteiger partial charge >= 0.3 is 6.09 Å². The van der Waals surface area contributed by atoms with Crippen LogP contribution in [0.25, 0.3) is 0 Å². The van der Waals surface area contributed by atoms with E-state index < -0.39 is 5.60 Å². The van der Waals surface area contributed by atoms with Crippen LogP contribution in [0, 0.1) is 5.92 Å². The molecule has 0 aliphatic carbocycles. The van der Waals surface area contributed by atoms with Crippen LogP contribution in [0.5, 0.6) is 5.75 Å². The zero-order valence-corrected chi connectivity index (χ0v) is 19.5. The van der Waals surface area contributed by atoms with E-state index in [1.807, 2.05) is 57.2 Å².